The third kappa shape index (κ3) is 3.41. The lowest BCUT2D eigenvalue weighted by molar-refractivity contribution is -0.0228. The lowest BCUT2D eigenvalue weighted by Gasteiger charge is -2.33. The summed E-state index contributed by atoms with van der Waals surface area (Å²) in [6.07, 6.45) is 2.50. The molecule has 24 heavy (non-hydrogen) atoms. The van der Waals surface area contributed by atoms with Crippen LogP contribution in [0.15, 0.2) is 47.4 Å². The molecule has 2 aromatic rings. The van der Waals surface area contributed by atoms with Gasteiger partial charge in [0.1, 0.15) is 6.10 Å². The Kier molecular flexibility index (Phi) is 4.81. The number of carbonyl (C=O) groups excluding carboxylic acids is 1. The predicted octanol–water partition coefficient (Wildman–Crippen LogP) is 2.16. The molecule has 5 heteroatoms. The first-order chi connectivity index (χ1) is 11.6. The number of benzene rings is 1. The Morgan fingerprint density at radius 1 is 1.25 bits per heavy atom. The second-order valence-electron chi connectivity index (χ2n) is 6.07. The number of aryl methyl sites for hydroxylation is 2. The summed E-state index contributed by atoms with van der Waals surface area (Å²) in [5.41, 5.74) is 2.61. The maximum absolute atomic E-state index is 12.7. The third-order valence-electron chi connectivity index (χ3n) is 4.46. The lowest BCUT2D eigenvalue weighted by Crippen LogP contribution is -2.42. The van der Waals surface area contributed by atoms with Gasteiger partial charge in [0, 0.05) is 31.4 Å². The van der Waals surface area contributed by atoms with Gasteiger partial charge in [0.2, 0.25) is 0 Å². The normalized spacial score (nSPS) is 17.8. The van der Waals surface area contributed by atoms with Crippen LogP contribution in [0, 0.1) is 0 Å². The molecular weight excluding hydrogens is 304 g/mol. The van der Waals surface area contributed by atoms with E-state index in [9.17, 15) is 9.59 Å². The van der Waals surface area contributed by atoms with Crippen LogP contribution in [-0.2, 0) is 18.2 Å². The summed E-state index contributed by atoms with van der Waals surface area (Å²) in [6, 6.07) is 11.4. The number of morpholine rings is 1. The minimum absolute atomic E-state index is 0.119. The molecule has 126 valence electrons. The number of pyridine rings is 1. The zero-order valence-corrected chi connectivity index (χ0v) is 14.1. The third-order valence-corrected chi connectivity index (χ3v) is 4.46. The molecular formula is C19H22N2O3. The molecule has 0 aliphatic carbocycles. The van der Waals surface area contributed by atoms with Gasteiger partial charge in [-0.3, -0.25) is 9.59 Å². The molecule has 3 rings (SSSR count). The molecule has 1 atom stereocenters. The van der Waals surface area contributed by atoms with E-state index < -0.39 is 0 Å². The van der Waals surface area contributed by atoms with E-state index in [1.165, 1.54) is 16.2 Å². The molecule has 1 saturated heterocycles. The molecule has 0 spiro atoms. The molecule has 1 aromatic heterocycles. The summed E-state index contributed by atoms with van der Waals surface area (Å²) in [4.78, 5) is 26.2. The number of ether oxygens (including phenoxy) is 1. The topological polar surface area (TPSA) is 51.5 Å². The number of aromatic nitrogens is 1. The van der Waals surface area contributed by atoms with E-state index in [0.29, 0.717) is 25.3 Å². The number of rotatable bonds is 3. The van der Waals surface area contributed by atoms with Crippen LogP contribution >= 0.6 is 0 Å². The van der Waals surface area contributed by atoms with Gasteiger partial charge in [-0.1, -0.05) is 31.2 Å². The molecule has 0 unspecified atom stereocenters. The van der Waals surface area contributed by atoms with E-state index in [4.69, 9.17) is 4.74 Å². The van der Waals surface area contributed by atoms with Crippen LogP contribution in [0.25, 0.3) is 0 Å². The molecule has 0 radical (unpaired) electrons. The molecule has 1 aromatic carbocycles. The average molecular weight is 326 g/mol. The van der Waals surface area contributed by atoms with Gasteiger partial charge in [-0.05, 0) is 23.6 Å². The van der Waals surface area contributed by atoms with Gasteiger partial charge in [0.15, 0.2) is 0 Å². The molecule has 5 nitrogen and oxygen atoms in total. The van der Waals surface area contributed by atoms with Crippen LogP contribution in [0.2, 0.25) is 0 Å². The van der Waals surface area contributed by atoms with Gasteiger partial charge >= 0.3 is 0 Å². The van der Waals surface area contributed by atoms with E-state index in [2.05, 4.69) is 31.2 Å². The Balaban J connectivity index is 1.75. The maximum Gasteiger partial charge on any atom is 0.254 e. The monoisotopic (exact) mass is 326 g/mol. The van der Waals surface area contributed by atoms with E-state index in [1.807, 2.05) is 0 Å². The van der Waals surface area contributed by atoms with Gasteiger partial charge in [0.05, 0.1) is 13.2 Å². The summed E-state index contributed by atoms with van der Waals surface area (Å²) in [7, 11) is 1.67. The van der Waals surface area contributed by atoms with Crippen LogP contribution < -0.4 is 5.56 Å². The molecule has 0 bridgehead atoms. The number of carbonyl (C=O) groups is 1. The second-order valence-corrected chi connectivity index (χ2v) is 6.07. The minimum atomic E-state index is -0.180. The van der Waals surface area contributed by atoms with Crippen molar-refractivity contribution in [1.29, 1.82) is 0 Å². The van der Waals surface area contributed by atoms with Crippen molar-refractivity contribution < 1.29 is 9.53 Å². The van der Waals surface area contributed by atoms with E-state index in [1.54, 1.807) is 24.2 Å². The van der Waals surface area contributed by atoms with Crippen molar-refractivity contribution in [3.05, 3.63) is 69.6 Å². The molecule has 1 aliphatic heterocycles. The van der Waals surface area contributed by atoms with Crippen molar-refractivity contribution in [1.82, 2.24) is 9.47 Å². The Morgan fingerprint density at radius 3 is 2.67 bits per heavy atom. The molecule has 1 fully saturated rings. The number of amides is 1. The number of hydrogen-bond acceptors (Lipinski definition) is 3. The molecule has 0 N–H and O–H groups in total. The van der Waals surface area contributed by atoms with Gasteiger partial charge < -0.3 is 14.2 Å². The van der Waals surface area contributed by atoms with Crippen molar-refractivity contribution in [3.8, 4) is 0 Å². The molecule has 0 saturated carbocycles. The highest BCUT2D eigenvalue weighted by atomic mass is 16.5. The van der Waals surface area contributed by atoms with E-state index in [-0.39, 0.29) is 17.6 Å². The first kappa shape index (κ1) is 16.5. The molecule has 1 amide bonds. The smallest absolute Gasteiger partial charge is 0.254 e. The van der Waals surface area contributed by atoms with E-state index in [0.717, 1.165) is 12.0 Å². The van der Waals surface area contributed by atoms with Crippen molar-refractivity contribution in [3.63, 3.8) is 0 Å². The maximum atomic E-state index is 12.7. The zero-order valence-electron chi connectivity index (χ0n) is 14.1. The summed E-state index contributed by atoms with van der Waals surface area (Å²) in [6.45, 7) is 3.66. The van der Waals surface area contributed by atoms with Crippen LogP contribution in [-0.4, -0.2) is 35.1 Å². The fraction of sp³-hybridized carbons (Fsp3) is 0.368. The summed E-state index contributed by atoms with van der Waals surface area (Å²) >= 11 is 0. The highest BCUT2D eigenvalue weighted by Crippen LogP contribution is 2.23. The predicted molar refractivity (Wildman–Crippen MR) is 92.1 cm³/mol. The average Bonchev–Trinajstić information content (AvgIpc) is 2.63. The summed E-state index contributed by atoms with van der Waals surface area (Å²) in [5.74, 6) is -0.119. The quantitative estimate of drug-likeness (QED) is 0.868. The highest BCUT2D eigenvalue weighted by Gasteiger charge is 2.26. The van der Waals surface area contributed by atoms with Gasteiger partial charge in [-0.2, -0.15) is 0 Å². The first-order valence-corrected chi connectivity index (χ1v) is 8.25. The Bertz CT molecular complexity index is 780. The Hall–Kier alpha value is -2.40. The van der Waals surface area contributed by atoms with Crippen molar-refractivity contribution >= 4 is 5.91 Å². The largest absolute Gasteiger partial charge is 0.370 e. The fourth-order valence-electron chi connectivity index (χ4n) is 2.87. The van der Waals surface area contributed by atoms with Crippen LogP contribution in [0.5, 0.6) is 0 Å². The van der Waals surface area contributed by atoms with Gasteiger partial charge in [-0.25, -0.2) is 0 Å². The van der Waals surface area contributed by atoms with Crippen molar-refractivity contribution in [2.75, 3.05) is 19.7 Å². The van der Waals surface area contributed by atoms with Crippen molar-refractivity contribution in [2.45, 2.75) is 19.4 Å². The van der Waals surface area contributed by atoms with Crippen LogP contribution in [0.4, 0.5) is 0 Å². The van der Waals surface area contributed by atoms with Gasteiger partial charge in [0.25, 0.3) is 11.5 Å². The zero-order chi connectivity index (χ0) is 17.1. The molecule has 2 heterocycles. The van der Waals surface area contributed by atoms with Crippen molar-refractivity contribution in [2.24, 2.45) is 7.05 Å². The Labute approximate surface area is 141 Å². The first-order valence-electron chi connectivity index (χ1n) is 8.25. The van der Waals surface area contributed by atoms with E-state index >= 15 is 0 Å². The SMILES string of the molecule is CCc1ccc([C@@H]2CN(C(=O)c3ccn(C)c(=O)c3)CCO2)cc1. The minimum Gasteiger partial charge on any atom is -0.370 e. The number of nitrogens with zero attached hydrogens (tertiary/aromatic N) is 2. The summed E-state index contributed by atoms with van der Waals surface area (Å²) in [5, 5.41) is 0. The highest BCUT2D eigenvalue weighted by molar-refractivity contribution is 5.94. The second kappa shape index (κ2) is 7.01. The standard InChI is InChI=1S/C19H22N2O3/c1-3-14-4-6-15(7-5-14)17-13-21(10-11-24-17)19(23)16-8-9-20(2)18(22)12-16/h4-9,12,17H,3,10-11,13H2,1-2H3/t17-/m0/s1. The Morgan fingerprint density at radius 2 is 2.00 bits per heavy atom. The fourth-order valence-corrected chi connectivity index (χ4v) is 2.87. The van der Waals surface area contributed by atoms with Gasteiger partial charge in [-0.15, -0.1) is 0 Å². The molecule has 1 aliphatic rings. The number of hydrogen-bond donors (Lipinski definition) is 0. The summed E-state index contributed by atoms with van der Waals surface area (Å²) < 4.78 is 7.29. The van der Waals surface area contributed by atoms with Crippen LogP contribution in [0.1, 0.15) is 34.5 Å². The lowest BCUT2D eigenvalue weighted by atomic mass is 10.0. The van der Waals surface area contributed by atoms with Crippen LogP contribution in [0.3, 0.4) is 0 Å².